The molecule has 1 nitrogen and oxygen atoms in total. The first-order chi connectivity index (χ1) is 3.83. The Morgan fingerprint density at radius 3 is 2.75 bits per heavy atom. The summed E-state index contributed by atoms with van der Waals surface area (Å²) in [7, 11) is 0. The van der Waals surface area contributed by atoms with Gasteiger partial charge in [-0.15, -0.1) is 11.3 Å². The van der Waals surface area contributed by atoms with Crippen LogP contribution in [-0.4, -0.2) is 0 Å². The number of anilines is 1. The molecule has 1 aromatic heterocycles. The molecule has 1 aromatic rings. The van der Waals surface area contributed by atoms with Crippen molar-refractivity contribution in [3.63, 3.8) is 0 Å². The highest BCUT2D eigenvalue weighted by molar-refractivity contribution is 7.82. The molecule has 1 rings (SSSR count). The van der Waals surface area contributed by atoms with Crippen LogP contribution in [0.2, 0.25) is 0 Å². The van der Waals surface area contributed by atoms with E-state index in [2.05, 4.69) is 35.9 Å². The summed E-state index contributed by atoms with van der Waals surface area (Å²) in [5.41, 5.74) is 1.28. The van der Waals surface area contributed by atoms with E-state index in [1.54, 1.807) is 11.3 Å². The first-order valence-corrected chi connectivity index (χ1v) is 3.61. The molecule has 0 radical (unpaired) electrons. The lowest BCUT2D eigenvalue weighted by Crippen LogP contribution is -1.69. The Hall–Kier alpha value is -0.150. The summed E-state index contributed by atoms with van der Waals surface area (Å²) < 4.78 is 2.76. The van der Waals surface area contributed by atoms with Crippen LogP contribution in [0.15, 0.2) is 11.4 Å². The third kappa shape index (κ3) is 1.17. The number of hydrogen-bond donors (Lipinski definition) is 2. The molecule has 0 bridgehead atoms. The second kappa shape index (κ2) is 2.42. The summed E-state index contributed by atoms with van der Waals surface area (Å²) in [5, 5.41) is 3.18. The normalized spacial score (nSPS) is 9.25. The molecule has 0 aliphatic heterocycles. The molecule has 0 atom stereocenters. The van der Waals surface area contributed by atoms with E-state index in [-0.39, 0.29) is 0 Å². The van der Waals surface area contributed by atoms with Crippen LogP contribution in [0.4, 0.5) is 5.00 Å². The van der Waals surface area contributed by atoms with Crippen LogP contribution in [0.1, 0.15) is 5.56 Å². The molecule has 0 aliphatic rings. The largest absolute Gasteiger partial charge is 0.324 e. The van der Waals surface area contributed by atoms with Crippen LogP contribution < -0.4 is 4.72 Å². The molecule has 1 heterocycles. The Morgan fingerprint density at radius 2 is 2.50 bits per heavy atom. The maximum atomic E-state index is 3.88. The standard InChI is InChI=1S/C5H7NS2/c1-4-2-5(6-7)8-3-4/h2-3,6-7H,1H3. The first-order valence-electron chi connectivity index (χ1n) is 2.28. The molecule has 44 valence electrons. The molecular weight excluding hydrogens is 138 g/mol. The minimum Gasteiger partial charge on any atom is -0.324 e. The van der Waals surface area contributed by atoms with Gasteiger partial charge in [0.25, 0.3) is 0 Å². The summed E-state index contributed by atoms with van der Waals surface area (Å²) >= 11 is 5.55. The zero-order chi connectivity index (χ0) is 5.98. The van der Waals surface area contributed by atoms with Gasteiger partial charge in [0.1, 0.15) is 0 Å². The summed E-state index contributed by atoms with van der Waals surface area (Å²) in [5.74, 6) is 0. The van der Waals surface area contributed by atoms with E-state index < -0.39 is 0 Å². The second-order valence-corrected chi connectivity index (χ2v) is 2.73. The van der Waals surface area contributed by atoms with Crippen molar-refractivity contribution >= 4 is 29.2 Å². The zero-order valence-corrected chi connectivity index (χ0v) is 6.22. The number of aryl methyl sites for hydroxylation is 1. The molecule has 0 spiro atoms. The first kappa shape index (κ1) is 5.98. The molecule has 8 heavy (non-hydrogen) atoms. The van der Waals surface area contributed by atoms with Crippen molar-refractivity contribution < 1.29 is 0 Å². The van der Waals surface area contributed by atoms with Gasteiger partial charge in [0.2, 0.25) is 0 Å². The molecule has 0 amide bonds. The molecule has 0 unspecified atom stereocenters. The van der Waals surface area contributed by atoms with Crippen LogP contribution in [0.5, 0.6) is 0 Å². The van der Waals surface area contributed by atoms with Crippen molar-refractivity contribution in [3.05, 3.63) is 17.0 Å². The Morgan fingerprint density at radius 1 is 1.75 bits per heavy atom. The van der Waals surface area contributed by atoms with Gasteiger partial charge in [0, 0.05) is 0 Å². The summed E-state index contributed by atoms with van der Waals surface area (Å²) in [6.07, 6.45) is 0. The van der Waals surface area contributed by atoms with Gasteiger partial charge in [-0.05, 0) is 23.9 Å². The summed E-state index contributed by atoms with van der Waals surface area (Å²) in [4.78, 5) is 0. The van der Waals surface area contributed by atoms with Crippen molar-refractivity contribution in [3.8, 4) is 0 Å². The maximum Gasteiger partial charge on any atom is 0.0982 e. The van der Waals surface area contributed by atoms with Crippen molar-refractivity contribution in [1.29, 1.82) is 0 Å². The third-order valence-electron chi connectivity index (χ3n) is 0.841. The average Bonchev–Trinajstić information content (AvgIpc) is 2.14. The predicted octanol–water partition coefficient (Wildman–Crippen LogP) is 2.31. The van der Waals surface area contributed by atoms with Crippen molar-refractivity contribution in [1.82, 2.24) is 0 Å². The Balaban J connectivity index is 2.84. The molecule has 3 heteroatoms. The molecule has 0 aliphatic carbocycles. The van der Waals surface area contributed by atoms with Gasteiger partial charge < -0.3 is 4.72 Å². The number of thiol groups is 1. The lowest BCUT2D eigenvalue weighted by Gasteiger charge is -1.85. The SMILES string of the molecule is Cc1csc(NS)c1. The van der Waals surface area contributed by atoms with Gasteiger partial charge in [-0.25, -0.2) is 0 Å². The smallest absolute Gasteiger partial charge is 0.0982 e. The molecule has 1 N–H and O–H groups in total. The third-order valence-corrected chi connectivity index (χ3v) is 2.20. The Labute approximate surface area is 58.3 Å². The minimum atomic E-state index is 1.10. The number of nitrogens with one attached hydrogen (secondary N) is 1. The van der Waals surface area contributed by atoms with Gasteiger partial charge in [0.15, 0.2) is 0 Å². The van der Waals surface area contributed by atoms with Crippen molar-refractivity contribution in [2.45, 2.75) is 6.92 Å². The van der Waals surface area contributed by atoms with E-state index in [0.717, 1.165) is 5.00 Å². The monoisotopic (exact) mass is 145 g/mol. The number of rotatable bonds is 1. The van der Waals surface area contributed by atoms with Gasteiger partial charge in [-0.3, -0.25) is 0 Å². The molecular formula is C5H7NS2. The van der Waals surface area contributed by atoms with Gasteiger partial charge in [0.05, 0.1) is 5.00 Å². The van der Waals surface area contributed by atoms with Crippen molar-refractivity contribution in [2.75, 3.05) is 4.72 Å². The molecule has 0 saturated carbocycles. The molecule has 0 aromatic carbocycles. The van der Waals surface area contributed by atoms with Crippen LogP contribution in [0.3, 0.4) is 0 Å². The van der Waals surface area contributed by atoms with E-state index in [9.17, 15) is 0 Å². The van der Waals surface area contributed by atoms with E-state index in [1.165, 1.54) is 5.56 Å². The highest BCUT2D eigenvalue weighted by Crippen LogP contribution is 2.19. The highest BCUT2D eigenvalue weighted by atomic mass is 32.1. The van der Waals surface area contributed by atoms with Crippen LogP contribution in [-0.2, 0) is 0 Å². The lowest BCUT2D eigenvalue weighted by molar-refractivity contribution is 1.56. The van der Waals surface area contributed by atoms with E-state index in [4.69, 9.17) is 0 Å². The number of thiophene rings is 1. The summed E-state index contributed by atoms with van der Waals surface area (Å²) in [6, 6.07) is 2.05. The van der Waals surface area contributed by atoms with E-state index >= 15 is 0 Å². The minimum absolute atomic E-state index is 1.10. The molecule has 0 saturated heterocycles. The van der Waals surface area contributed by atoms with E-state index in [0.29, 0.717) is 0 Å². The van der Waals surface area contributed by atoms with Crippen molar-refractivity contribution in [2.24, 2.45) is 0 Å². The maximum absolute atomic E-state index is 3.88. The zero-order valence-electron chi connectivity index (χ0n) is 4.51. The summed E-state index contributed by atoms with van der Waals surface area (Å²) in [6.45, 7) is 2.06. The fourth-order valence-corrected chi connectivity index (χ4v) is 1.40. The van der Waals surface area contributed by atoms with Crippen LogP contribution in [0.25, 0.3) is 0 Å². The van der Waals surface area contributed by atoms with Gasteiger partial charge in [-0.2, -0.15) is 0 Å². The molecule has 0 fully saturated rings. The van der Waals surface area contributed by atoms with Crippen LogP contribution >= 0.6 is 24.2 Å². The van der Waals surface area contributed by atoms with E-state index in [1.807, 2.05) is 0 Å². The predicted molar refractivity (Wildman–Crippen MR) is 41.7 cm³/mol. The lowest BCUT2D eigenvalue weighted by atomic mass is 10.4. The fourth-order valence-electron chi connectivity index (χ4n) is 0.490. The highest BCUT2D eigenvalue weighted by Gasteiger charge is 1.89. The van der Waals surface area contributed by atoms with Gasteiger partial charge >= 0.3 is 0 Å². The Bertz CT molecular complexity index is 171. The topological polar surface area (TPSA) is 12.0 Å². The quantitative estimate of drug-likeness (QED) is 0.578. The Kier molecular flexibility index (Phi) is 1.81. The average molecular weight is 145 g/mol. The van der Waals surface area contributed by atoms with Gasteiger partial charge in [-0.1, -0.05) is 12.8 Å². The van der Waals surface area contributed by atoms with Crippen LogP contribution in [0, 0.1) is 6.92 Å². The fraction of sp³-hybridized carbons (Fsp3) is 0.200. The second-order valence-electron chi connectivity index (χ2n) is 1.60. The number of hydrogen-bond acceptors (Lipinski definition) is 3.